The standard InChI is InChI=1S/C12H16BrIN4/c13-10-7-8(14)5-6-11(10)17-12(18-15)16-9-3-1-2-4-9/h5-7,9H,1-4,15H2,(H2,16,17,18). The molecule has 0 atom stereocenters. The third-order valence-corrected chi connectivity index (χ3v) is 4.28. The Kier molecular flexibility index (Phi) is 5.25. The predicted molar refractivity (Wildman–Crippen MR) is 87.5 cm³/mol. The van der Waals surface area contributed by atoms with Crippen LogP contribution in [0.25, 0.3) is 0 Å². The molecule has 0 aromatic heterocycles. The molecule has 4 nitrogen and oxygen atoms in total. The molecule has 0 bridgehead atoms. The Morgan fingerprint density at radius 1 is 1.39 bits per heavy atom. The molecule has 0 unspecified atom stereocenters. The van der Waals surface area contributed by atoms with Crippen molar-refractivity contribution >= 4 is 50.2 Å². The lowest BCUT2D eigenvalue weighted by Gasteiger charge is -2.13. The fourth-order valence-electron chi connectivity index (χ4n) is 2.04. The number of nitrogens with one attached hydrogen (secondary N) is 2. The van der Waals surface area contributed by atoms with Gasteiger partial charge in [-0.25, -0.2) is 10.8 Å². The number of anilines is 1. The Labute approximate surface area is 129 Å². The number of guanidine groups is 1. The number of hydrogen-bond acceptors (Lipinski definition) is 2. The fraction of sp³-hybridized carbons (Fsp3) is 0.417. The second-order valence-electron chi connectivity index (χ2n) is 4.31. The van der Waals surface area contributed by atoms with Crippen LogP contribution < -0.4 is 16.6 Å². The Balaban J connectivity index is 2.09. The van der Waals surface area contributed by atoms with Gasteiger partial charge in [0, 0.05) is 8.04 Å². The molecule has 0 aliphatic heterocycles. The van der Waals surface area contributed by atoms with E-state index in [1.807, 2.05) is 18.2 Å². The Morgan fingerprint density at radius 3 is 2.72 bits per heavy atom. The van der Waals surface area contributed by atoms with E-state index in [0.717, 1.165) is 23.0 Å². The first-order valence-electron chi connectivity index (χ1n) is 5.95. The highest BCUT2D eigenvalue weighted by molar-refractivity contribution is 14.1. The summed E-state index contributed by atoms with van der Waals surface area (Å²) in [5.41, 5.74) is 3.60. The van der Waals surface area contributed by atoms with Crippen LogP contribution in [0, 0.1) is 3.57 Å². The van der Waals surface area contributed by atoms with Gasteiger partial charge in [0.2, 0.25) is 5.96 Å². The van der Waals surface area contributed by atoms with Gasteiger partial charge in [0.25, 0.3) is 0 Å². The average molecular weight is 423 g/mol. The number of hydrazine groups is 1. The molecule has 1 aliphatic carbocycles. The molecule has 2 rings (SSSR count). The maximum absolute atomic E-state index is 5.52. The van der Waals surface area contributed by atoms with Crippen LogP contribution in [0.15, 0.2) is 27.7 Å². The highest BCUT2D eigenvalue weighted by Gasteiger charge is 2.14. The summed E-state index contributed by atoms with van der Waals surface area (Å²) in [6, 6.07) is 6.49. The zero-order chi connectivity index (χ0) is 13.0. The molecule has 0 spiro atoms. The van der Waals surface area contributed by atoms with E-state index in [4.69, 9.17) is 5.84 Å². The van der Waals surface area contributed by atoms with Gasteiger partial charge in [0.15, 0.2) is 0 Å². The molecular formula is C12H16BrIN4. The van der Waals surface area contributed by atoms with E-state index in [0.29, 0.717) is 12.0 Å². The SMILES string of the molecule is NNC(=NC1CCCC1)Nc1ccc(I)cc1Br. The number of benzene rings is 1. The first-order valence-corrected chi connectivity index (χ1v) is 7.82. The molecule has 0 amide bonds. The van der Waals surface area contributed by atoms with Gasteiger partial charge in [0.1, 0.15) is 0 Å². The molecule has 6 heteroatoms. The molecule has 98 valence electrons. The van der Waals surface area contributed by atoms with Gasteiger partial charge < -0.3 is 5.32 Å². The van der Waals surface area contributed by atoms with E-state index >= 15 is 0 Å². The Hall–Kier alpha value is -0.340. The summed E-state index contributed by atoms with van der Waals surface area (Å²) in [5.74, 6) is 6.15. The third-order valence-electron chi connectivity index (χ3n) is 2.96. The maximum Gasteiger partial charge on any atom is 0.210 e. The van der Waals surface area contributed by atoms with Gasteiger partial charge in [-0.1, -0.05) is 12.8 Å². The number of halogens is 2. The summed E-state index contributed by atoms with van der Waals surface area (Å²) in [7, 11) is 0. The third kappa shape index (κ3) is 3.83. The highest BCUT2D eigenvalue weighted by atomic mass is 127. The summed E-state index contributed by atoms with van der Waals surface area (Å²) in [6.07, 6.45) is 4.83. The minimum absolute atomic E-state index is 0.395. The Morgan fingerprint density at radius 2 is 2.11 bits per heavy atom. The number of aliphatic imine (C=N–C) groups is 1. The van der Waals surface area contributed by atoms with Gasteiger partial charge in [-0.05, 0) is 69.6 Å². The minimum Gasteiger partial charge on any atom is -0.324 e. The lowest BCUT2D eigenvalue weighted by molar-refractivity contribution is 0.700. The number of rotatable bonds is 2. The highest BCUT2D eigenvalue weighted by Crippen LogP contribution is 2.25. The topological polar surface area (TPSA) is 62.4 Å². The normalized spacial score (nSPS) is 16.9. The average Bonchev–Trinajstić information content (AvgIpc) is 2.84. The molecule has 1 saturated carbocycles. The van der Waals surface area contributed by atoms with Crippen LogP contribution in [0.1, 0.15) is 25.7 Å². The lowest BCUT2D eigenvalue weighted by atomic mass is 10.3. The van der Waals surface area contributed by atoms with Crippen LogP contribution in [0.5, 0.6) is 0 Å². The van der Waals surface area contributed by atoms with Crippen molar-refractivity contribution in [2.24, 2.45) is 10.8 Å². The molecular weight excluding hydrogens is 407 g/mol. The van der Waals surface area contributed by atoms with Gasteiger partial charge >= 0.3 is 0 Å². The van der Waals surface area contributed by atoms with Crippen LogP contribution in [0.2, 0.25) is 0 Å². The van der Waals surface area contributed by atoms with Crippen LogP contribution in [0.4, 0.5) is 5.69 Å². The number of hydrogen-bond donors (Lipinski definition) is 3. The first kappa shape index (κ1) is 14.1. The van der Waals surface area contributed by atoms with Crippen LogP contribution >= 0.6 is 38.5 Å². The molecule has 1 aromatic carbocycles. The quantitative estimate of drug-likeness (QED) is 0.225. The summed E-state index contributed by atoms with van der Waals surface area (Å²) in [6.45, 7) is 0. The predicted octanol–water partition coefficient (Wildman–Crippen LogP) is 3.23. The van der Waals surface area contributed by atoms with Crippen molar-refractivity contribution in [3.8, 4) is 0 Å². The van der Waals surface area contributed by atoms with Crippen molar-refractivity contribution in [3.05, 3.63) is 26.2 Å². The summed E-state index contributed by atoms with van der Waals surface area (Å²) in [5, 5.41) is 3.21. The fourth-order valence-corrected chi connectivity index (χ4v) is 3.44. The molecule has 0 heterocycles. The van der Waals surface area contributed by atoms with Crippen molar-refractivity contribution in [2.75, 3.05) is 5.32 Å². The van der Waals surface area contributed by atoms with Crippen LogP contribution in [-0.2, 0) is 0 Å². The van der Waals surface area contributed by atoms with E-state index in [9.17, 15) is 0 Å². The second kappa shape index (κ2) is 6.72. The van der Waals surface area contributed by atoms with E-state index < -0.39 is 0 Å². The second-order valence-corrected chi connectivity index (χ2v) is 6.41. The van der Waals surface area contributed by atoms with Gasteiger partial charge in [0.05, 0.1) is 11.7 Å². The van der Waals surface area contributed by atoms with Gasteiger partial charge in [-0.3, -0.25) is 5.43 Å². The van der Waals surface area contributed by atoms with Gasteiger partial charge in [-0.2, -0.15) is 0 Å². The van der Waals surface area contributed by atoms with E-state index in [1.165, 1.54) is 16.4 Å². The largest absolute Gasteiger partial charge is 0.324 e. The smallest absolute Gasteiger partial charge is 0.210 e. The number of nitrogens with zero attached hydrogens (tertiary/aromatic N) is 1. The van der Waals surface area contributed by atoms with E-state index in [-0.39, 0.29) is 0 Å². The summed E-state index contributed by atoms with van der Waals surface area (Å²) >= 11 is 5.80. The van der Waals surface area contributed by atoms with E-state index in [2.05, 4.69) is 54.3 Å². The summed E-state index contributed by atoms with van der Waals surface area (Å²) < 4.78 is 2.18. The number of nitrogens with two attached hydrogens (primary N) is 1. The zero-order valence-corrected chi connectivity index (χ0v) is 13.7. The van der Waals surface area contributed by atoms with Crippen molar-refractivity contribution in [3.63, 3.8) is 0 Å². The molecule has 0 saturated heterocycles. The Bertz CT molecular complexity index is 444. The van der Waals surface area contributed by atoms with Crippen LogP contribution in [-0.4, -0.2) is 12.0 Å². The minimum atomic E-state index is 0.395. The molecule has 0 radical (unpaired) electrons. The monoisotopic (exact) mass is 422 g/mol. The molecule has 1 aromatic rings. The van der Waals surface area contributed by atoms with Crippen LogP contribution in [0.3, 0.4) is 0 Å². The molecule has 18 heavy (non-hydrogen) atoms. The maximum atomic E-state index is 5.52. The molecule has 1 aliphatic rings. The van der Waals surface area contributed by atoms with E-state index in [1.54, 1.807) is 0 Å². The van der Waals surface area contributed by atoms with Crippen molar-refractivity contribution < 1.29 is 0 Å². The summed E-state index contributed by atoms with van der Waals surface area (Å²) in [4.78, 5) is 4.60. The zero-order valence-electron chi connectivity index (χ0n) is 9.92. The lowest BCUT2D eigenvalue weighted by Crippen LogP contribution is -2.37. The van der Waals surface area contributed by atoms with Crippen molar-refractivity contribution in [1.82, 2.24) is 5.43 Å². The van der Waals surface area contributed by atoms with Gasteiger partial charge in [-0.15, -0.1) is 0 Å². The molecule has 4 N–H and O–H groups in total. The first-order chi connectivity index (χ1) is 8.69. The molecule has 1 fully saturated rings. The van der Waals surface area contributed by atoms with Crippen molar-refractivity contribution in [2.45, 2.75) is 31.7 Å². The van der Waals surface area contributed by atoms with Crippen molar-refractivity contribution in [1.29, 1.82) is 0 Å².